The van der Waals surface area contributed by atoms with Crippen molar-refractivity contribution >= 4 is 107 Å². The SMILES string of the molecule is c1ccc([Si](c2ccccc2)(c2cccc(-n3c4ccc5c(c4c4cccnc43)[Si](c3ccccc3)(c3ccccc3)c3ccccc3O5)c2)c2ccc3c4ccccc4n4ccnc4c3c2)cc1. The lowest BCUT2D eigenvalue weighted by Gasteiger charge is -2.40. The molecule has 1 aliphatic heterocycles. The molecule has 5 nitrogen and oxygen atoms in total. The highest BCUT2D eigenvalue weighted by Gasteiger charge is 2.50. The molecule has 0 spiro atoms. The van der Waals surface area contributed by atoms with Gasteiger partial charge in [-0.25, -0.2) is 9.97 Å². The average molecular weight is 915 g/mol. The molecule has 0 saturated carbocycles. The van der Waals surface area contributed by atoms with Gasteiger partial charge in [-0.05, 0) is 90.2 Å². The molecule has 5 heterocycles. The number of nitrogens with zero attached hydrogens (tertiary/aromatic N) is 4. The van der Waals surface area contributed by atoms with Gasteiger partial charge < -0.3 is 4.74 Å². The standard InChI is InChI=1S/C62H42N4OSi2/c1-5-20-44(21-6-1)68(45-22-7-2-8-23-45,49-34-35-50-51-29-13-14-31-54(51)65-40-39-64-61(65)53(50)42-49)48-28-17-19-43(41-48)66-55-36-37-57-60(59(55)52-30-18-38-63-62(52)66)69(46-24-9-3-10-25-46,47-26-11-4-12-27-47)58-33-16-15-32-56(58)67-57/h1-42H. The van der Waals surface area contributed by atoms with Gasteiger partial charge in [-0.2, -0.15) is 0 Å². The molecular formula is C62H42N4OSi2. The van der Waals surface area contributed by atoms with E-state index in [1.54, 1.807) is 0 Å². The van der Waals surface area contributed by atoms with Crippen molar-refractivity contribution in [2.45, 2.75) is 0 Å². The van der Waals surface area contributed by atoms with Gasteiger partial charge in [-0.15, -0.1) is 0 Å². The molecular weight excluding hydrogens is 873 g/mol. The lowest BCUT2D eigenvalue weighted by atomic mass is 10.1. The highest BCUT2D eigenvalue weighted by Crippen LogP contribution is 2.38. The van der Waals surface area contributed by atoms with E-state index < -0.39 is 16.1 Å². The van der Waals surface area contributed by atoms with Crippen LogP contribution in [0.1, 0.15) is 0 Å². The van der Waals surface area contributed by atoms with Crippen LogP contribution >= 0.6 is 0 Å². The number of para-hydroxylation sites is 2. The van der Waals surface area contributed by atoms with Gasteiger partial charge in [0.2, 0.25) is 0 Å². The predicted molar refractivity (Wildman–Crippen MR) is 290 cm³/mol. The minimum absolute atomic E-state index is 0.896. The van der Waals surface area contributed by atoms with Crippen LogP contribution in [0.4, 0.5) is 0 Å². The van der Waals surface area contributed by atoms with Gasteiger partial charge in [-0.1, -0.05) is 188 Å². The van der Waals surface area contributed by atoms with E-state index in [9.17, 15) is 0 Å². The highest BCUT2D eigenvalue weighted by atomic mass is 28.3. The number of hydrogen-bond acceptors (Lipinski definition) is 3. The zero-order valence-corrected chi connectivity index (χ0v) is 39.4. The third kappa shape index (κ3) is 5.63. The van der Waals surface area contributed by atoms with Gasteiger partial charge in [0.1, 0.15) is 22.8 Å². The minimum atomic E-state index is -3.09. The first-order chi connectivity index (χ1) is 34.2. The zero-order chi connectivity index (χ0) is 45.5. The van der Waals surface area contributed by atoms with Crippen molar-refractivity contribution in [1.82, 2.24) is 18.9 Å². The molecule has 0 fully saturated rings. The molecule has 324 valence electrons. The lowest BCUT2D eigenvalue weighted by molar-refractivity contribution is 0.487. The zero-order valence-electron chi connectivity index (χ0n) is 37.4. The van der Waals surface area contributed by atoms with E-state index >= 15 is 0 Å². The number of benzene rings is 9. The molecule has 13 aromatic rings. The Morgan fingerprint density at radius 1 is 0.406 bits per heavy atom. The van der Waals surface area contributed by atoms with Crippen LogP contribution in [0.5, 0.6) is 11.5 Å². The van der Waals surface area contributed by atoms with Gasteiger partial charge in [0, 0.05) is 51.0 Å². The van der Waals surface area contributed by atoms with Crippen molar-refractivity contribution in [3.8, 4) is 17.2 Å². The number of imidazole rings is 1. The normalized spacial score (nSPS) is 13.2. The molecule has 7 heteroatoms. The number of aromatic nitrogens is 4. The summed E-state index contributed by atoms with van der Waals surface area (Å²) < 4.78 is 11.7. The average Bonchev–Trinajstić information content (AvgIpc) is 4.06. The summed E-state index contributed by atoms with van der Waals surface area (Å²) in [6.45, 7) is 0. The lowest BCUT2D eigenvalue weighted by Crippen LogP contribution is -2.76. The summed E-state index contributed by atoms with van der Waals surface area (Å²) >= 11 is 0. The number of pyridine rings is 2. The van der Waals surface area contributed by atoms with Crippen LogP contribution in [-0.2, 0) is 0 Å². The van der Waals surface area contributed by atoms with Gasteiger partial charge in [0.05, 0.1) is 11.0 Å². The van der Waals surface area contributed by atoms with Crippen molar-refractivity contribution in [3.63, 3.8) is 0 Å². The fraction of sp³-hybridized carbons (Fsp3) is 0. The minimum Gasteiger partial charge on any atom is -0.458 e. The number of ether oxygens (including phenoxy) is 1. The fourth-order valence-corrected chi connectivity index (χ4v) is 21.9. The van der Waals surface area contributed by atoms with E-state index in [0.29, 0.717) is 0 Å². The molecule has 0 atom stereocenters. The fourth-order valence-electron chi connectivity index (χ4n) is 12.0. The third-order valence-electron chi connectivity index (χ3n) is 14.7. The Balaban J connectivity index is 1.08. The molecule has 9 aromatic carbocycles. The first-order valence-corrected chi connectivity index (χ1v) is 27.6. The first kappa shape index (κ1) is 39.5. The van der Waals surface area contributed by atoms with Crippen molar-refractivity contribution in [2.24, 2.45) is 0 Å². The van der Waals surface area contributed by atoms with E-state index in [1.165, 1.54) is 57.7 Å². The largest absolute Gasteiger partial charge is 0.458 e. The molecule has 0 unspecified atom stereocenters. The molecule has 69 heavy (non-hydrogen) atoms. The summed E-state index contributed by atoms with van der Waals surface area (Å²) in [5, 5.41) is 16.1. The van der Waals surface area contributed by atoms with Crippen molar-refractivity contribution < 1.29 is 4.74 Å². The maximum atomic E-state index is 7.04. The molecule has 0 radical (unpaired) electrons. The van der Waals surface area contributed by atoms with Gasteiger partial charge in [0.15, 0.2) is 16.1 Å². The van der Waals surface area contributed by atoms with E-state index in [2.05, 4.69) is 252 Å². The Hall–Kier alpha value is -8.63. The number of rotatable bonds is 7. The van der Waals surface area contributed by atoms with Crippen LogP contribution in [-0.4, -0.2) is 35.1 Å². The topological polar surface area (TPSA) is 44.4 Å². The molecule has 0 N–H and O–H groups in total. The molecule has 0 bridgehead atoms. The Bertz CT molecular complexity index is 4040. The maximum Gasteiger partial charge on any atom is 0.189 e. The maximum absolute atomic E-state index is 7.04. The van der Waals surface area contributed by atoms with Crippen LogP contribution in [0.15, 0.2) is 255 Å². The van der Waals surface area contributed by atoms with E-state index in [0.717, 1.165) is 50.3 Å². The quantitative estimate of drug-likeness (QED) is 0.0912. The number of hydrogen-bond donors (Lipinski definition) is 0. The molecule has 4 aromatic heterocycles. The summed E-state index contributed by atoms with van der Waals surface area (Å²) in [4.78, 5) is 10.3. The Morgan fingerprint density at radius 2 is 1.03 bits per heavy atom. The summed E-state index contributed by atoms with van der Waals surface area (Å²) in [5.74, 6) is 1.81. The van der Waals surface area contributed by atoms with E-state index in [4.69, 9.17) is 14.7 Å². The van der Waals surface area contributed by atoms with Crippen LogP contribution in [0.2, 0.25) is 0 Å². The third-order valence-corrected chi connectivity index (χ3v) is 24.3. The van der Waals surface area contributed by atoms with Crippen LogP contribution in [0.3, 0.4) is 0 Å². The smallest absolute Gasteiger partial charge is 0.189 e. The molecule has 1 aliphatic rings. The summed E-state index contributed by atoms with van der Waals surface area (Å²) in [6, 6.07) is 87.4. The van der Waals surface area contributed by atoms with Crippen molar-refractivity contribution in [2.75, 3.05) is 0 Å². The van der Waals surface area contributed by atoms with Crippen molar-refractivity contribution in [1.29, 1.82) is 0 Å². The van der Waals surface area contributed by atoms with Crippen LogP contribution in [0.25, 0.3) is 54.9 Å². The van der Waals surface area contributed by atoms with Crippen molar-refractivity contribution in [3.05, 3.63) is 255 Å². The van der Waals surface area contributed by atoms with Gasteiger partial charge in [0.25, 0.3) is 0 Å². The van der Waals surface area contributed by atoms with E-state index in [1.807, 2.05) is 12.4 Å². The van der Waals surface area contributed by atoms with E-state index in [-0.39, 0.29) is 0 Å². The van der Waals surface area contributed by atoms with Gasteiger partial charge >= 0.3 is 0 Å². The molecule has 14 rings (SSSR count). The van der Waals surface area contributed by atoms with Crippen LogP contribution in [0, 0.1) is 0 Å². The molecule has 0 aliphatic carbocycles. The second kappa shape index (κ2) is 15.5. The molecule has 0 amide bonds. The Labute approximate surface area is 400 Å². The Kier molecular flexibility index (Phi) is 8.86. The van der Waals surface area contributed by atoms with Gasteiger partial charge in [-0.3, -0.25) is 8.97 Å². The Morgan fingerprint density at radius 3 is 1.78 bits per heavy atom. The number of fused-ring (bicyclic) bond motifs is 12. The second-order valence-electron chi connectivity index (χ2n) is 18.1. The summed E-state index contributed by atoms with van der Waals surface area (Å²) in [7, 11) is -6.13. The molecule has 0 saturated heterocycles. The predicted octanol–water partition coefficient (Wildman–Crippen LogP) is 8.99. The summed E-state index contributed by atoms with van der Waals surface area (Å²) in [6.07, 6.45) is 5.94. The monoisotopic (exact) mass is 914 g/mol. The second-order valence-corrected chi connectivity index (χ2v) is 25.6. The summed E-state index contributed by atoms with van der Waals surface area (Å²) in [5.41, 5.74) is 5.17. The first-order valence-electron chi connectivity index (χ1n) is 23.6. The van der Waals surface area contributed by atoms with Crippen LogP contribution < -0.4 is 46.2 Å². The highest BCUT2D eigenvalue weighted by molar-refractivity contribution is 7.22.